The smallest absolute Gasteiger partial charge is 0.220 e. The van der Waals surface area contributed by atoms with E-state index in [0.717, 1.165) is 51.4 Å². The molecule has 2 aliphatic rings. The number of hydrogen-bond donors (Lipinski definition) is 9. The number of hydrogen-bond acceptors (Lipinski definition) is 13. The fourth-order valence-corrected chi connectivity index (χ4v) is 11.1. The molecule has 2 heterocycles. The number of unbranched alkanes of at least 4 members (excludes halogenated alkanes) is 40. The fourth-order valence-electron chi connectivity index (χ4n) is 11.1. The van der Waals surface area contributed by atoms with Crippen molar-refractivity contribution in [1.29, 1.82) is 0 Å². The van der Waals surface area contributed by atoms with E-state index < -0.39 is 86.8 Å². The number of aliphatic hydroxyl groups excluding tert-OH is 8. The fraction of sp³-hybridized carbons (Fsp3) is 0.984. The Balaban J connectivity index is 1.56. The van der Waals surface area contributed by atoms with E-state index in [4.69, 9.17) is 18.9 Å². The van der Waals surface area contributed by atoms with Gasteiger partial charge in [0.2, 0.25) is 5.91 Å². The van der Waals surface area contributed by atoms with Gasteiger partial charge < -0.3 is 65.1 Å². The van der Waals surface area contributed by atoms with Crippen LogP contribution in [0.4, 0.5) is 0 Å². The summed E-state index contributed by atoms with van der Waals surface area (Å²) >= 11 is 0. The molecule has 0 aromatic heterocycles. The molecule has 452 valence electrons. The van der Waals surface area contributed by atoms with E-state index in [2.05, 4.69) is 19.2 Å². The molecule has 0 radical (unpaired) electrons. The van der Waals surface area contributed by atoms with Gasteiger partial charge in [0.15, 0.2) is 12.6 Å². The molecule has 9 N–H and O–H groups in total. The highest BCUT2D eigenvalue weighted by atomic mass is 16.7. The van der Waals surface area contributed by atoms with Crippen LogP contribution in [0.25, 0.3) is 0 Å². The number of carbonyl (C=O) groups excluding carboxylic acids is 1. The van der Waals surface area contributed by atoms with Crippen LogP contribution >= 0.6 is 0 Å². The third-order valence-corrected chi connectivity index (χ3v) is 16.3. The molecule has 2 fully saturated rings. The van der Waals surface area contributed by atoms with Gasteiger partial charge in [-0.05, 0) is 12.8 Å². The first-order valence-corrected chi connectivity index (χ1v) is 32.3. The molecular formula is C62H121NO13. The van der Waals surface area contributed by atoms with Crippen molar-refractivity contribution in [3.8, 4) is 0 Å². The lowest BCUT2D eigenvalue weighted by Crippen LogP contribution is -2.65. The average molecular weight is 1090 g/mol. The zero-order chi connectivity index (χ0) is 55.3. The Hall–Kier alpha value is -1.01. The number of aliphatic hydroxyl groups is 8. The molecule has 1 amide bonds. The van der Waals surface area contributed by atoms with Crippen LogP contribution in [0.5, 0.6) is 0 Å². The van der Waals surface area contributed by atoms with Gasteiger partial charge in [-0.1, -0.05) is 277 Å². The molecule has 76 heavy (non-hydrogen) atoms. The lowest BCUT2D eigenvalue weighted by atomic mass is 9.97. The van der Waals surface area contributed by atoms with Crippen LogP contribution in [0.1, 0.15) is 296 Å². The molecule has 14 heteroatoms. The third kappa shape index (κ3) is 33.7. The van der Waals surface area contributed by atoms with Gasteiger partial charge in [0.25, 0.3) is 0 Å². The van der Waals surface area contributed by atoms with Gasteiger partial charge in [-0.3, -0.25) is 4.79 Å². The highest BCUT2D eigenvalue weighted by molar-refractivity contribution is 5.76. The van der Waals surface area contributed by atoms with E-state index in [9.17, 15) is 45.6 Å². The van der Waals surface area contributed by atoms with E-state index >= 15 is 0 Å². The highest BCUT2D eigenvalue weighted by Crippen LogP contribution is 2.30. The van der Waals surface area contributed by atoms with Crippen LogP contribution in [0.15, 0.2) is 0 Å². The van der Waals surface area contributed by atoms with Gasteiger partial charge in [-0.2, -0.15) is 0 Å². The molecule has 0 aliphatic carbocycles. The lowest BCUT2D eigenvalue weighted by Gasteiger charge is -2.46. The number of nitrogens with one attached hydrogen (secondary N) is 1. The molecule has 12 atom stereocenters. The van der Waals surface area contributed by atoms with E-state index in [1.807, 2.05) is 0 Å². The molecule has 2 rings (SSSR count). The molecule has 0 aromatic rings. The summed E-state index contributed by atoms with van der Waals surface area (Å²) in [4.78, 5) is 13.2. The first-order chi connectivity index (χ1) is 37.1. The summed E-state index contributed by atoms with van der Waals surface area (Å²) in [6.07, 6.45) is 38.8. The van der Waals surface area contributed by atoms with Crippen molar-refractivity contribution in [2.24, 2.45) is 0 Å². The zero-order valence-corrected chi connectivity index (χ0v) is 48.8. The Kier molecular flexibility index (Phi) is 45.5. The summed E-state index contributed by atoms with van der Waals surface area (Å²) < 4.78 is 22.8. The predicted octanol–water partition coefficient (Wildman–Crippen LogP) is 11.7. The van der Waals surface area contributed by atoms with Crippen molar-refractivity contribution in [3.63, 3.8) is 0 Å². The number of carbonyl (C=O) groups is 1. The molecule has 12 unspecified atom stereocenters. The molecular weight excluding hydrogens is 967 g/mol. The van der Waals surface area contributed by atoms with Crippen molar-refractivity contribution in [2.45, 2.75) is 370 Å². The molecule has 2 aliphatic heterocycles. The normalized spacial score (nSPS) is 24.8. The van der Waals surface area contributed by atoms with Crippen LogP contribution in [-0.2, 0) is 23.7 Å². The monoisotopic (exact) mass is 1090 g/mol. The molecule has 0 aromatic carbocycles. The van der Waals surface area contributed by atoms with E-state index in [0.29, 0.717) is 12.8 Å². The Morgan fingerprint density at radius 2 is 0.750 bits per heavy atom. The van der Waals surface area contributed by atoms with Gasteiger partial charge in [0.1, 0.15) is 48.8 Å². The summed E-state index contributed by atoms with van der Waals surface area (Å²) in [6, 6.07) is -0.821. The summed E-state index contributed by atoms with van der Waals surface area (Å²) in [5.74, 6) is -0.202. The van der Waals surface area contributed by atoms with Crippen molar-refractivity contribution >= 4 is 5.91 Å². The third-order valence-electron chi connectivity index (χ3n) is 16.3. The minimum absolute atomic E-state index is 0.202. The van der Waals surface area contributed by atoms with Gasteiger partial charge in [-0.25, -0.2) is 0 Å². The van der Waals surface area contributed by atoms with Gasteiger partial charge >= 0.3 is 0 Å². The first kappa shape index (κ1) is 71.1. The number of amides is 1. The maximum absolute atomic E-state index is 13.2. The second kappa shape index (κ2) is 48.7. The van der Waals surface area contributed by atoms with Gasteiger partial charge in [0.05, 0.1) is 32.0 Å². The Bertz CT molecular complexity index is 1280. The topological polar surface area (TPSA) is 228 Å². The number of ether oxygens (including phenoxy) is 4. The minimum Gasteiger partial charge on any atom is -0.394 e. The second-order valence-electron chi connectivity index (χ2n) is 23.3. The van der Waals surface area contributed by atoms with Crippen molar-refractivity contribution in [2.75, 3.05) is 19.8 Å². The van der Waals surface area contributed by atoms with Crippen LogP contribution in [0.2, 0.25) is 0 Å². The van der Waals surface area contributed by atoms with Crippen molar-refractivity contribution in [1.82, 2.24) is 5.32 Å². The predicted molar refractivity (Wildman–Crippen MR) is 305 cm³/mol. The zero-order valence-electron chi connectivity index (χ0n) is 48.8. The molecule has 0 bridgehead atoms. The number of rotatable bonds is 53. The quantitative estimate of drug-likeness (QED) is 0.0259. The molecule has 14 nitrogen and oxygen atoms in total. The average Bonchev–Trinajstić information content (AvgIpc) is 3.42. The Morgan fingerprint density at radius 3 is 1.12 bits per heavy atom. The van der Waals surface area contributed by atoms with Crippen molar-refractivity contribution in [3.05, 3.63) is 0 Å². The summed E-state index contributed by atoms with van der Waals surface area (Å²) in [5.41, 5.74) is 0. The minimum atomic E-state index is -1.78. The summed E-state index contributed by atoms with van der Waals surface area (Å²) in [5, 5.41) is 87.0. The van der Waals surface area contributed by atoms with Gasteiger partial charge in [-0.15, -0.1) is 0 Å². The maximum Gasteiger partial charge on any atom is 0.220 e. The molecule has 2 saturated heterocycles. The largest absolute Gasteiger partial charge is 0.394 e. The SMILES string of the molecule is CCCCCCCCCCCCCCCCCCCCCCCCCCCCCCCCCCCC(=O)NC(COC1OC(CO)C(OC2OC(CO)C(O)C(O)C2O)C(O)C1O)C(O)CCCCCCCCCCC. The maximum atomic E-state index is 13.2. The van der Waals surface area contributed by atoms with Crippen LogP contribution < -0.4 is 5.32 Å². The summed E-state index contributed by atoms with van der Waals surface area (Å²) in [6.45, 7) is 2.86. The van der Waals surface area contributed by atoms with Crippen molar-refractivity contribution < 1.29 is 64.6 Å². The Morgan fingerprint density at radius 1 is 0.421 bits per heavy atom. The van der Waals surface area contributed by atoms with E-state index in [-0.39, 0.29) is 12.5 Å². The van der Waals surface area contributed by atoms with E-state index in [1.165, 1.54) is 218 Å². The van der Waals surface area contributed by atoms with E-state index in [1.54, 1.807) is 0 Å². The molecule has 0 spiro atoms. The standard InChI is InChI=1S/C62H121NO13/c1-3-5-7-9-11-13-14-15-16-17-18-19-20-21-22-23-24-25-26-27-28-29-30-31-32-33-34-35-36-38-40-42-44-46-54(67)63-50(51(66)45-43-41-39-37-12-10-8-6-4-2)49-73-61-59(72)57(70)60(53(48-65)75-61)76-62-58(71)56(69)55(68)52(47-64)74-62/h50-53,55-62,64-66,68-72H,3-49H2,1-2H3,(H,63,67). The molecule has 0 saturated carbocycles. The summed E-state index contributed by atoms with van der Waals surface area (Å²) in [7, 11) is 0. The van der Waals surface area contributed by atoms with Gasteiger partial charge in [0, 0.05) is 6.42 Å². The first-order valence-electron chi connectivity index (χ1n) is 32.3. The lowest BCUT2D eigenvalue weighted by molar-refractivity contribution is -0.359. The van der Waals surface area contributed by atoms with Crippen LogP contribution in [0, 0.1) is 0 Å². The second-order valence-corrected chi connectivity index (χ2v) is 23.3. The van der Waals surface area contributed by atoms with Crippen LogP contribution in [0.3, 0.4) is 0 Å². The highest BCUT2D eigenvalue weighted by Gasteiger charge is 2.51. The Labute approximate surface area is 464 Å². The van der Waals surface area contributed by atoms with Crippen LogP contribution in [-0.4, -0.2) is 140 Å².